The molecule has 2 heterocycles. The van der Waals surface area contributed by atoms with Gasteiger partial charge in [0.05, 0.1) is 13.1 Å². The molecule has 0 atom stereocenters. The average Bonchev–Trinajstić information content (AvgIpc) is 2.71. The van der Waals surface area contributed by atoms with Gasteiger partial charge in [0.2, 0.25) is 5.89 Å². The van der Waals surface area contributed by atoms with E-state index in [1.54, 1.807) is 11.3 Å². The predicted molar refractivity (Wildman–Crippen MR) is 63.0 cm³/mol. The van der Waals surface area contributed by atoms with Gasteiger partial charge in [-0.2, -0.15) is 0 Å². The van der Waals surface area contributed by atoms with Gasteiger partial charge in [-0.05, 0) is 28.1 Å². The highest BCUT2D eigenvalue weighted by Crippen LogP contribution is 2.30. The average molecular weight is 371 g/mol. The second kappa shape index (κ2) is 4.05. The number of aromatic nitrogens is 2. The Kier molecular flexibility index (Phi) is 2.99. The van der Waals surface area contributed by atoms with Crippen molar-refractivity contribution in [3.05, 3.63) is 21.8 Å². The van der Waals surface area contributed by atoms with Crippen LogP contribution < -0.4 is 0 Å². The van der Waals surface area contributed by atoms with Gasteiger partial charge in [0.25, 0.3) is 5.89 Å². The maximum Gasteiger partial charge on any atom is 0.257 e. The molecule has 0 aliphatic heterocycles. The van der Waals surface area contributed by atoms with Crippen LogP contribution in [0.3, 0.4) is 0 Å². The van der Waals surface area contributed by atoms with Crippen molar-refractivity contribution in [2.45, 2.75) is 4.43 Å². The molecular weight excluding hydrogens is 367 g/mol. The molecule has 3 nitrogen and oxygen atoms in total. The van der Waals surface area contributed by atoms with Crippen molar-refractivity contribution in [3.8, 4) is 10.8 Å². The Balaban J connectivity index is 2.35. The lowest BCUT2D eigenvalue weighted by molar-refractivity contribution is 0.532. The van der Waals surface area contributed by atoms with Crippen LogP contribution in [0.25, 0.3) is 10.8 Å². The van der Waals surface area contributed by atoms with E-state index in [-0.39, 0.29) is 0 Å². The Hall–Kier alpha value is 0.0500. The Bertz CT molecular complexity index is 414. The van der Waals surface area contributed by atoms with Crippen molar-refractivity contribution in [1.29, 1.82) is 0 Å². The zero-order valence-electron chi connectivity index (χ0n) is 6.33. The summed E-state index contributed by atoms with van der Waals surface area (Å²) in [5.74, 6) is 1.27. The second-order valence-electron chi connectivity index (χ2n) is 2.24. The van der Waals surface area contributed by atoms with Crippen molar-refractivity contribution < 1.29 is 4.42 Å². The maximum absolute atomic E-state index is 5.39. The van der Waals surface area contributed by atoms with E-state index in [1.165, 1.54) is 0 Å². The fourth-order valence-electron chi connectivity index (χ4n) is 0.836. The third kappa shape index (κ3) is 2.10. The number of hydrogen-bond donors (Lipinski definition) is 0. The number of alkyl halides is 1. The van der Waals surface area contributed by atoms with Crippen LogP contribution in [0.4, 0.5) is 0 Å². The Morgan fingerprint density at radius 2 is 2.31 bits per heavy atom. The summed E-state index contributed by atoms with van der Waals surface area (Å²) in [5, 5.41) is 7.83. The van der Waals surface area contributed by atoms with Gasteiger partial charge in [-0.3, -0.25) is 0 Å². The van der Waals surface area contributed by atoms with Crippen LogP contribution in [-0.4, -0.2) is 10.2 Å². The van der Waals surface area contributed by atoms with Gasteiger partial charge in [0.15, 0.2) is 0 Å². The van der Waals surface area contributed by atoms with Gasteiger partial charge < -0.3 is 4.42 Å². The van der Waals surface area contributed by atoms with E-state index >= 15 is 0 Å². The SMILES string of the molecule is Brc1ccc(-c2nnc(CI)o2)s1. The topological polar surface area (TPSA) is 38.9 Å². The summed E-state index contributed by atoms with van der Waals surface area (Å²) >= 11 is 7.15. The third-order valence-corrected chi connectivity index (χ3v) is 3.63. The summed E-state index contributed by atoms with van der Waals surface area (Å²) in [5.41, 5.74) is 0. The van der Waals surface area contributed by atoms with Gasteiger partial charge >= 0.3 is 0 Å². The molecule has 0 saturated heterocycles. The first-order chi connectivity index (χ1) is 6.29. The molecule has 0 radical (unpaired) electrons. The van der Waals surface area contributed by atoms with E-state index in [4.69, 9.17) is 4.42 Å². The Labute approximate surface area is 101 Å². The predicted octanol–water partition coefficient (Wildman–Crippen LogP) is 3.50. The highest BCUT2D eigenvalue weighted by molar-refractivity contribution is 14.1. The molecule has 0 unspecified atom stereocenters. The van der Waals surface area contributed by atoms with Crippen LogP contribution >= 0.6 is 49.9 Å². The molecule has 0 amide bonds. The fraction of sp³-hybridized carbons (Fsp3) is 0.143. The maximum atomic E-state index is 5.39. The molecule has 2 aromatic heterocycles. The highest BCUT2D eigenvalue weighted by atomic mass is 127. The van der Waals surface area contributed by atoms with Crippen molar-refractivity contribution in [3.63, 3.8) is 0 Å². The van der Waals surface area contributed by atoms with Crippen LogP contribution in [0.5, 0.6) is 0 Å². The molecule has 13 heavy (non-hydrogen) atoms. The number of thiophene rings is 1. The zero-order chi connectivity index (χ0) is 9.26. The van der Waals surface area contributed by atoms with Crippen LogP contribution in [0.1, 0.15) is 5.89 Å². The zero-order valence-corrected chi connectivity index (χ0v) is 10.9. The Morgan fingerprint density at radius 3 is 2.85 bits per heavy atom. The number of rotatable bonds is 2. The number of halogens is 2. The van der Waals surface area contributed by atoms with E-state index < -0.39 is 0 Å². The smallest absolute Gasteiger partial charge is 0.257 e. The van der Waals surface area contributed by atoms with E-state index in [1.807, 2.05) is 12.1 Å². The standard InChI is InChI=1S/C7H4BrIN2OS/c8-5-2-1-4(13-5)7-11-10-6(3-9)12-7/h1-2H,3H2. The minimum Gasteiger partial charge on any atom is -0.419 e. The molecular formula is C7H4BrIN2OS. The summed E-state index contributed by atoms with van der Waals surface area (Å²) in [6.07, 6.45) is 0. The highest BCUT2D eigenvalue weighted by Gasteiger charge is 2.09. The van der Waals surface area contributed by atoms with Crippen LogP contribution in [0.15, 0.2) is 20.3 Å². The summed E-state index contributed by atoms with van der Waals surface area (Å²) in [6.45, 7) is 0. The molecule has 0 aliphatic rings. The summed E-state index contributed by atoms with van der Waals surface area (Å²) < 4.78 is 7.21. The van der Waals surface area contributed by atoms with E-state index in [2.05, 4.69) is 48.7 Å². The molecule has 68 valence electrons. The summed E-state index contributed by atoms with van der Waals surface area (Å²) in [7, 11) is 0. The molecule has 6 heteroatoms. The van der Waals surface area contributed by atoms with Gasteiger partial charge in [-0.1, -0.05) is 22.6 Å². The third-order valence-electron chi connectivity index (χ3n) is 1.37. The van der Waals surface area contributed by atoms with E-state index in [9.17, 15) is 0 Å². The molecule has 2 aromatic rings. The molecule has 0 saturated carbocycles. The minimum absolute atomic E-state index is 0.599. The first kappa shape index (κ1) is 9.60. The molecule has 2 rings (SSSR count). The first-order valence-corrected chi connectivity index (χ1v) is 6.57. The minimum atomic E-state index is 0.599. The normalized spacial score (nSPS) is 10.6. The molecule has 0 N–H and O–H groups in total. The van der Waals surface area contributed by atoms with Crippen LogP contribution in [0.2, 0.25) is 0 Å². The monoisotopic (exact) mass is 370 g/mol. The van der Waals surface area contributed by atoms with Crippen molar-refractivity contribution in [2.75, 3.05) is 0 Å². The van der Waals surface area contributed by atoms with Gasteiger partial charge in [-0.25, -0.2) is 0 Å². The largest absolute Gasteiger partial charge is 0.419 e. The van der Waals surface area contributed by atoms with Crippen LogP contribution in [0, 0.1) is 0 Å². The Morgan fingerprint density at radius 1 is 1.46 bits per heavy atom. The molecule has 0 spiro atoms. The molecule has 0 bridgehead atoms. The lowest BCUT2D eigenvalue weighted by atomic mass is 10.5. The molecule has 0 fully saturated rings. The fourth-order valence-corrected chi connectivity index (χ4v) is 2.45. The van der Waals surface area contributed by atoms with Crippen molar-refractivity contribution >= 4 is 49.9 Å². The van der Waals surface area contributed by atoms with Crippen molar-refractivity contribution in [1.82, 2.24) is 10.2 Å². The number of hydrogen-bond acceptors (Lipinski definition) is 4. The van der Waals surface area contributed by atoms with Gasteiger partial charge in [0.1, 0.15) is 0 Å². The van der Waals surface area contributed by atoms with E-state index in [0.29, 0.717) is 11.8 Å². The van der Waals surface area contributed by atoms with Gasteiger partial charge in [0, 0.05) is 0 Å². The molecule has 0 aromatic carbocycles. The van der Waals surface area contributed by atoms with Gasteiger partial charge in [-0.15, -0.1) is 21.5 Å². The quantitative estimate of drug-likeness (QED) is 0.600. The molecule has 0 aliphatic carbocycles. The lowest BCUT2D eigenvalue weighted by Gasteiger charge is -1.84. The van der Waals surface area contributed by atoms with Crippen LogP contribution in [-0.2, 0) is 4.43 Å². The van der Waals surface area contributed by atoms with E-state index in [0.717, 1.165) is 13.1 Å². The first-order valence-electron chi connectivity index (χ1n) is 3.43. The lowest BCUT2D eigenvalue weighted by Crippen LogP contribution is -1.73. The summed E-state index contributed by atoms with van der Waals surface area (Å²) in [4.78, 5) is 0.996. The number of nitrogens with zero attached hydrogens (tertiary/aromatic N) is 2. The second-order valence-corrected chi connectivity index (χ2v) is 5.46. The van der Waals surface area contributed by atoms with Crippen molar-refractivity contribution in [2.24, 2.45) is 0 Å². The summed E-state index contributed by atoms with van der Waals surface area (Å²) in [6, 6.07) is 3.92.